The maximum absolute atomic E-state index is 11.5. The summed E-state index contributed by atoms with van der Waals surface area (Å²) in [5.41, 5.74) is 9.85. The van der Waals surface area contributed by atoms with Crippen molar-refractivity contribution in [2.45, 2.75) is 45.1 Å². The molecule has 1 atom stereocenters. The molecule has 1 aromatic carbocycles. The van der Waals surface area contributed by atoms with E-state index in [1.807, 2.05) is 0 Å². The van der Waals surface area contributed by atoms with Crippen LogP contribution in [0.1, 0.15) is 36.5 Å². The van der Waals surface area contributed by atoms with Crippen LogP contribution in [-0.2, 0) is 28.8 Å². The van der Waals surface area contributed by atoms with E-state index in [0.29, 0.717) is 13.0 Å². The highest BCUT2D eigenvalue weighted by atomic mass is 16.5. The largest absolute Gasteiger partial charge is 0.465 e. The molecule has 0 spiro atoms. The summed E-state index contributed by atoms with van der Waals surface area (Å²) in [6.45, 7) is 2.18. The number of nitrogens with two attached hydrogens (primary N) is 1. The molecule has 2 N–H and O–H groups in total. The van der Waals surface area contributed by atoms with E-state index in [4.69, 9.17) is 10.5 Å². The van der Waals surface area contributed by atoms with Crippen LogP contribution in [0.2, 0.25) is 0 Å². The summed E-state index contributed by atoms with van der Waals surface area (Å²) < 4.78 is 4.92. The molecule has 18 heavy (non-hydrogen) atoms. The first-order valence-electron chi connectivity index (χ1n) is 6.73. The number of carbonyl (C=O) groups excluding carboxylic acids is 1. The number of hydrogen-bond acceptors (Lipinski definition) is 3. The second-order valence-corrected chi connectivity index (χ2v) is 4.87. The fourth-order valence-electron chi connectivity index (χ4n) is 2.50. The summed E-state index contributed by atoms with van der Waals surface area (Å²) in [5.74, 6) is -0.310. The fraction of sp³-hybridized carbons (Fsp3) is 0.533. The second kappa shape index (κ2) is 6.01. The summed E-state index contributed by atoms with van der Waals surface area (Å²) in [4.78, 5) is 11.5. The van der Waals surface area contributed by atoms with Gasteiger partial charge in [0.2, 0.25) is 0 Å². The molecule has 0 aromatic heterocycles. The maximum Gasteiger partial charge on any atom is 0.323 e. The zero-order chi connectivity index (χ0) is 13.0. The highest BCUT2D eigenvalue weighted by Crippen LogP contribution is 2.22. The van der Waals surface area contributed by atoms with Gasteiger partial charge in [0.05, 0.1) is 6.61 Å². The van der Waals surface area contributed by atoms with Crippen LogP contribution in [-0.4, -0.2) is 18.6 Å². The van der Waals surface area contributed by atoms with Crippen molar-refractivity contribution in [2.24, 2.45) is 5.73 Å². The molecule has 0 saturated carbocycles. The van der Waals surface area contributed by atoms with E-state index in [9.17, 15) is 4.79 Å². The van der Waals surface area contributed by atoms with Gasteiger partial charge in [-0.15, -0.1) is 0 Å². The minimum atomic E-state index is -0.549. The highest BCUT2D eigenvalue weighted by Gasteiger charge is 2.16. The predicted octanol–water partition coefficient (Wildman–Crippen LogP) is 2.00. The molecule has 1 unspecified atom stereocenters. The molecule has 1 aliphatic carbocycles. The van der Waals surface area contributed by atoms with E-state index in [0.717, 1.165) is 12.0 Å². The third-order valence-electron chi connectivity index (χ3n) is 3.46. The van der Waals surface area contributed by atoms with E-state index >= 15 is 0 Å². The molecule has 98 valence electrons. The average molecular weight is 247 g/mol. The third kappa shape index (κ3) is 3.10. The van der Waals surface area contributed by atoms with Gasteiger partial charge < -0.3 is 10.5 Å². The third-order valence-corrected chi connectivity index (χ3v) is 3.46. The van der Waals surface area contributed by atoms with E-state index < -0.39 is 6.04 Å². The molecule has 1 aromatic rings. The Morgan fingerprint density at radius 2 is 2.06 bits per heavy atom. The number of hydrogen-bond donors (Lipinski definition) is 1. The van der Waals surface area contributed by atoms with Crippen molar-refractivity contribution in [1.29, 1.82) is 0 Å². The fourth-order valence-corrected chi connectivity index (χ4v) is 2.50. The Morgan fingerprint density at radius 1 is 1.33 bits per heavy atom. The van der Waals surface area contributed by atoms with Crippen molar-refractivity contribution in [1.82, 2.24) is 0 Å². The van der Waals surface area contributed by atoms with E-state index in [2.05, 4.69) is 18.2 Å². The highest BCUT2D eigenvalue weighted by molar-refractivity contribution is 5.75. The first-order valence-corrected chi connectivity index (χ1v) is 6.73. The number of ether oxygens (including phenoxy) is 1. The molecule has 3 nitrogen and oxygen atoms in total. The SMILES string of the molecule is CCOC(=O)C(N)Cc1ccc2c(c1)CCCC2. The zero-order valence-corrected chi connectivity index (χ0v) is 10.9. The van der Waals surface area contributed by atoms with Gasteiger partial charge >= 0.3 is 5.97 Å². The molecular formula is C15H21NO2. The number of aryl methyl sites for hydroxylation is 2. The van der Waals surface area contributed by atoms with Crippen molar-refractivity contribution in [3.8, 4) is 0 Å². The Morgan fingerprint density at radius 3 is 2.78 bits per heavy atom. The van der Waals surface area contributed by atoms with Crippen molar-refractivity contribution < 1.29 is 9.53 Å². The molecule has 0 saturated heterocycles. The number of benzene rings is 1. The van der Waals surface area contributed by atoms with Crippen LogP contribution in [0.5, 0.6) is 0 Å². The smallest absolute Gasteiger partial charge is 0.323 e. The van der Waals surface area contributed by atoms with Crippen LogP contribution in [0.25, 0.3) is 0 Å². The number of fused-ring (bicyclic) bond motifs is 1. The van der Waals surface area contributed by atoms with Gasteiger partial charge in [0, 0.05) is 0 Å². The topological polar surface area (TPSA) is 52.3 Å². The van der Waals surface area contributed by atoms with Crippen molar-refractivity contribution in [3.63, 3.8) is 0 Å². The first kappa shape index (κ1) is 13.1. The summed E-state index contributed by atoms with van der Waals surface area (Å²) in [6.07, 6.45) is 5.44. The van der Waals surface area contributed by atoms with Gasteiger partial charge in [-0.2, -0.15) is 0 Å². The molecule has 2 rings (SSSR count). The van der Waals surface area contributed by atoms with Crippen molar-refractivity contribution >= 4 is 5.97 Å². The van der Waals surface area contributed by atoms with E-state index in [1.165, 1.54) is 30.4 Å². The lowest BCUT2D eigenvalue weighted by molar-refractivity contribution is -0.144. The van der Waals surface area contributed by atoms with Crippen molar-refractivity contribution in [3.05, 3.63) is 34.9 Å². The summed E-state index contributed by atoms with van der Waals surface area (Å²) >= 11 is 0. The van der Waals surface area contributed by atoms with Gasteiger partial charge in [-0.3, -0.25) is 4.79 Å². The summed E-state index contributed by atoms with van der Waals surface area (Å²) in [6, 6.07) is 5.92. The minimum Gasteiger partial charge on any atom is -0.465 e. The minimum absolute atomic E-state index is 0.310. The quantitative estimate of drug-likeness (QED) is 0.828. The van der Waals surface area contributed by atoms with Crippen LogP contribution in [0.4, 0.5) is 0 Å². The molecule has 0 fully saturated rings. The Labute approximate surface area is 108 Å². The Kier molecular flexibility index (Phi) is 4.37. The Hall–Kier alpha value is -1.35. The molecule has 3 heteroatoms. The van der Waals surface area contributed by atoms with Crippen LogP contribution in [0.15, 0.2) is 18.2 Å². The van der Waals surface area contributed by atoms with Gasteiger partial charge in [-0.05, 0) is 55.7 Å². The lowest BCUT2D eigenvalue weighted by Crippen LogP contribution is -2.34. The van der Waals surface area contributed by atoms with Crippen LogP contribution < -0.4 is 5.73 Å². The van der Waals surface area contributed by atoms with Crippen LogP contribution in [0.3, 0.4) is 0 Å². The normalized spacial score (nSPS) is 15.9. The first-order chi connectivity index (χ1) is 8.70. The lowest BCUT2D eigenvalue weighted by atomic mass is 9.89. The van der Waals surface area contributed by atoms with E-state index in [-0.39, 0.29) is 5.97 Å². The molecular weight excluding hydrogens is 226 g/mol. The van der Waals surface area contributed by atoms with Crippen molar-refractivity contribution in [2.75, 3.05) is 6.61 Å². The second-order valence-electron chi connectivity index (χ2n) is 4.87. The number of rotatable bonds is 4. The molecule has 0 aliphatic heterocycles. The Balaban J connectivity index is 2.03. The lowest BCUT2D eigenvalue weighted by Gasteiger charge is -2.17. The molecule has 1 aliphatic rings. The number of esters is 1. The van der Waals surface area contributed by atoms with Crippen LogP contribution in [0, 0.1) is 0 Å². The van der Waals surface area contributed by atoms with E-state index in [1.54, 1.807) is 6.92 Å². The van der Waals surface area contributed by atoms with Gasteiger partial charge in [-0.25, -0.2) is 0 Å². The van der Waals surface area contributed by atoms with Gasteiger partial charge in [0.15, 0.2) is 0 Å². The summed E-state index contributed by atoms with van der Waals surface area (Å²) in [5, 5.41) is 0. The predicted molar refractivity (Wildman–Crippen MR) is 71.4 cm³/mol. The Bertz CT molecular complexity index is 429. The molecule has 0 radical (unpaired) electrons. The van der Waals surface area contributed by atoms with Gasteiger partial charge in [0.25, 0.3) is 0 Å². The zero-order valence-electron chi connectivity index (χ0n) is 10.9. The van der Waals surface area contributed by atoms with Crippen LogP contribution >= 0.6 is 0 Å². The molecule has 0 amide bonds. The summed E-state index contributed by atoms with van der Waals surface area (Å²) in [7, 11) is 0. The average Bonchev–Trinajstić information content (AvgIpc) is 2.39. The maximum atomic E-state index is 11.5. The molecule has 0 heterocycles. The number of carbonyl (C=O) groups is 1. The monoisotopic (exact) mass is 247 g/mol. The standard InChI is InChI=1S/C15H21NO2/c1-2-18-15(17)14(16)10-11-7-8-12-5-3-4-6-13(12)9-11/h7-9,14H,2-6,10,16H2,1H3. The van der Waals surface area contributed by atoms with Gasteiger partial charge in [0.1, 0.15) is 6.04 Å². The van der Waals surface area contributed by atoms with Gasteiger partial charge in [-0.1, -0.05) is 18.2 Å². The molecule has 0 bridgehead atoms.